The average Bonchev–Trinajstić information content (AvgIpc) is 2.39. The Labute approximate surface area is 125 Å². The Morgan fingerprint density at radius 3 is 2.29 bits per heavy atom. The molecule has 0 radical (unpaired) electrons. The number of hydrogen-bond acceptors (Lipinski definition) is 3. The summed E-state index contributed by atoms with van der Waals surface area (Å²) in [6.07, 6.45) is 0. The maximum absolute atomic E-state index is 13.7. The first-order valence-electron chi connectivity index (χ1n) is 5.53. The van der Waals surface area contributed by atoms with Gasteiger partial charge in [0.25, 0.3) is 0 Å². The van der Waals surface area contributed by atoms with E-state index in [9.17, 15) is 18.0 Å². The predicted octanol–water partition coefficient (Wildman–Crippen LogP) is 3.89. The molecular weight excluding hydrogens is 353 g/mol. The van der Waals surface area contributed by atoms with Crippen molar-refractivity contribution in [2.24, 2.45) is 0 Å². The fourth-order valence-electron chi connectivity index (χ4n) is 1.63. The van der Waals surface area contributed by atoms with Crippen LogP contribution < -0.4 is 11.1 Å². The first-order valence-corrected chi connectivity index (χ1v) is 6.32. The molecule has 0 saturated heterocycles. The summed E-state index contributed by atoms with van der Waals surface area (Å²) in [5, 5.41) is 11.2. The van der Waals surface area contributed by atoms with Crippen molar-refractivity contribution in [3.8, 4) is 0 Å². The molecule has 8 heteroatoms. The number of nitrogen functional groups attached to an aromatic ring is 1. The maximum Gasteiger partial charge on any atom is 0.338 e. The summed E-state index contributed by atoms with van der Waals surface area (Å²) < 4.78 is 40.6. The van der Waals surface area contributed by atoms with Crippen LogP contribution >= 0.6 is 15.9 Å². The van der Waals surface area contributed by atoms with Gasteiger partial charge in [-0.1, -0.05) is 0 Å². The number of hydrogen-bond donors (Lipinski definition) is 3. The highest BCUT2D eigenvalue weighted by atomic mass is 79.9. The minimum Gasteiger partial charge on any atom is -0.478 e. The van der Waals surface area contributed by atoms with Crippen LogP contribution in [0.4, 0.5) is 30.2 Å². The van der Waals surface area contributed by atoms with E-state index in [0.717, 1.165) is 24.3 Å². The van der Waals surface area contributed by atoms with Gasteiger partial charge in [-0.2, -0.15) is 0 Å². The van der Waals surface area contributed by atoms with Crippen molar-refractivity contribution in [3.63, 3.8) is 0 Å². The molecule has 0 aromatic heterocycles. The van der Waals surface area contributed by atoms with Gasteiger partial charge in [-0.05, 0) is 28.1 Å². The number of halogens is 4. The summed E-state index contributed by atoms with van der Waals surface area (Å²) in [7, 11) is 0. The van der Waals surface area contributed by atoms with E-state index in [0.29, 0.717) is 0 Å². The molecule has 0 aliphatic rings. The summed E-state index contributed by atoms with van der Waals surface area (Å²) in [5.74, 6) is -4.03. The van der Waals surface area contributed by atoms with Crippen LogP contribution in [0.3, 0.4) is 0 Å². The molecule has 0 bridgehead atoms. The average molecular weight is 361 g/mol. The van der Waals surface area contributed by atoms with Crippen LogP contribution in [0.25, 0.3) is 0 Å². The third-order valence-electron chi connectivity index (χ3n) is 2.65. The van der Waals surface area contributed by atoms with E-state index >= 15 is 0 Å². The second-order valence-electron chi connectivity index (χ2n) is 4.10. The third kappa shape index (κ3) is 3.10. The Morgan fingerprint density at radius 1 is 1.05 bits per heavy atom. The first kappa shape index (κ1) is 15.2. The van der Waals surface area contributed by atoms with Gasteiger partial charge in [0.15, 0.2) is 0 Å². The van der Waals surface area contributed by atoms with Crippen molar-refractivity contribution >= 4 is 39.0 Å². The standard InChI is InChI=1S/C13H8BrF3N2O2/c14-6-2-9(17)11(4-8(6)16)19-12-3-7(15)5(13(20)21)1-10(12)18/h1-4,19H,18H2,(H,20,21). The lowest BCUT2D eigenvalue weighted by Crippen LogP contribution is -2.05. The van der Waals surface area contributed by atoms with Gasteiger partial charge in [0, 0.05) is 12.1 Å². The molecular formula is C13H8BrF3N2O2. The van der Waals surface area contributed by atoms with Crippen LogP contribution in [0.5, 0.6) is 0 Å². The lowest BCUT2D eigenvalue weighted by Gasteiger charge is -2.12. The zero-order valence-corrected chi connectivity index (χ0v) is 11.8. The Hall–Kier alpha value is -2.22. The van der Waals surface area contributed by atoms with Gasteiger partial charge in [-0.25, -0.2) is 18.0 Å². The molecule has 110 valence electrons. The van der Waals surface area contributed by atoms with Gasteiger partial charge in [-0.15, -0.1) is 0 Å². The van der Waals surface area contributed by atoms with Crippen LogP contribution in [0.15, 0.2) is 28.7 Å². The normalized spacial score (nSPS) is 10.5. The minimum atomic E-state index is -1.48. The Bertz CT molecular complexity index is 738. The number of nitrogens with two attached hydrogens (primary N) is 1. The van der Waals surface area contributed by atoms with Gasteiger partial charge in [-0.3, -0.25) is 0 Å². The molecule has 4 N–H and O–H groups in total. The molecule has 2 aromatic rings. The lowest BCUT2D eigenvalue weighted by molar-refractivity contribution is 0.0692. The summed E-state index contributed by atoms with van der Waals surface area (Å²) in [6.45, 7) is 0. The molecule has 0 fully saturated rings. The number of carboxylic acid groups (broad SMARTS) is 1. The van der Waals surface area contributed by atoms with Crippen LogP contribution in [0, 0.1) is 17.5 Å². The number of aromatic carboxylic acids is 1. The number of nitrogens with one attached hydrogen (secondary N) is 1. The highest BCUT2D eigenvalue weighted by molar-refractivity contribution is 9.10. The quantitative estimate of drug-likeness (QED) is 0.573. The molecule has 0 unspecified atom stereocenters. The molecule has 2 aromatic carbocycles. The van der Waals surface area contributed by atoms with Crippen molar-refractivity contribution in [1.82, 2.24) is 0 Å². The molecule has 0 aliphatic carbocycles. The van der Waals surface area contributed by atoms with Crippen molar-refractivity contribution in [1.29, 1.82) is 0 Å². The van der Waals surface area contributed by atoms with Gasteiger partial charge < -0.3 is 16.2 Å². The van der Waals surface area contributed by atoms with E-state index in [1.807, 2.05) is 0 Å². The fraction of sp³-hybridized carbons (Fsp3) is 0. The number of carboxylic acids is 1. The third-order valence-corrected chi connectivity index (χ3v) is 3.26. The van der Waals surface area contributed by atoms with Crippen molar-refractivity contribution in [2.75, 3.05) is 11.1 Å². The van der Waals surface area contributed by atoms with E-state index in [1.54, 1.807) is 0 Å². The SMILES string of the molecule is Nc1cc(C(=O)O)c(F)cc1Nc1cc(F)c(Br)cc1F. The van der Waals surface area contributed by atoms with Gasteiger partial charge >= 0.3 is 5.97 Å². The summed E-state index contributed by atoms with van der Waals surface area (Å²) in [5.41, 5.74) is 4.52. The highest BCUT2D eigenvalue weighted by Crippen LogP contribution is 2.30. The van der Waals surface area contributed by atoms with E-state index in [1.165, 1.54) is 0 Å². The van der Waals surface area contributed by atoms with E-state index in [4.69, 9.17) is 10.8 Å². The molecule has 0 aliphatic heterocycles. The fourth-order valence-corrected chi connectivity index (χ4v) is 1.94. The van der Waals surface area contributed by atoms with Gasteiger partial charge in [0.2, 0.25) is 0 Å². The van der Waals surface area contributed by atoms with Gasteiger partial charge in [0.1, 0.15) is 17.5 Å². The van der Waals surface area contributed by atoms with Gasteiger partial charge in [0.05, 0.1) is 27.1 Å². The topological polar surface area (TPSA) is 75.4 Å². The predicted molar refractivity (Wildman–Crippen MR) is 75.1 cm³/mol. The Kier molecular flexibility index (Phi) is 4.08. The molecule has 0 saturated carbocycles. The number of benzene rings is 2. The molecule has 2 rings (SSSR count). The summed E-state index contributed by atoms with van der Waals surface area (Å²) in [6, 6.07) is 3.46. The largest absolute Gasteiger partial charge is 0.478 e. The highest BCUT2D eigenvalue weighted by Gasteiger charge is 2.15. The first-order chi connectivity index (χ1) is 9.79. The zero-order chi connectivity index (χ0) is 15.7. The summed E-state index contributed by atoms with van der Waals surface area (Å²) >= 11 is 2.82. The number of carbonyl (C=O) groups is 1. The van der Waals surface area contributed by atoms with E-state index in [-0.39, 0.29) is 21.5 Å². The molecule has 4 nitrogen and oxygen atoms in total. The molecule has 0 spiro atoms. The maximum atomic E-state index is 13.7. The van der Waals surface area contributed by atoms with E-state index in [2.05, 4.69) is 21.2 Å². The number of rotatable bonds is 3. The minimum absolute atomic E-state index is 0.0640. The monoisotopic (exact) mass is 360 g/mol. The smallest absolute Gasteiger partial charge is 0.338 e. The molecule has 0 amide bonds. The molecule has 0 atom stereocenters. The number of anilines is 3. The Balaban J connectivity index is 2.43. The van der Waals surface area contributed by atoms with Crippen LogP contribution in [0.2, 0.25) is 0 Å². The van der Waals surface area contributed by atoms with Crippen LogP contribution in [0.1, 0.15) is 10.4 Å². The van der Waals surface area contributed by atoms with Crippen molar-refractivity contribution in [2.45, 2.75) is 0 Å². The Morgan fingerprint density at radius 2 is 1.67 bits per heavy atom. The second-order valence-corrected chi connectivity index (χ2v) is 4.95. The van der Waals surface area contributed by atoms with Crippen LogP contribution in [-0.2, 0) is 0 Å². The second kappa shape index (κ2) is 5.65. The zero-order valence-electron chi connectivity index (χ0n) is 10.3. The van der Waals surface area contributed by atoms with E-state index < -0.39 is 29.0 Å². The van der Waals surface area contributed by atoms with Crippen molar-refractivity contribution in [3.05, 3.63) is 51.8 Å². The summed E-state index contributed by atoms with van der Waals surface area (Å²) in [4.78, 5) is 10.7. The molecule has 0 heterocycles. The lowest BCUT2D eigenvalue weighted by atomic mass is 10.1. The van der Waals surface area contributed by atoms with Crippen molar-refractivity contribution < 1.29 is 23.1 Å². The van der Waals surface area contributed by atoms with Crippen LogP contribution in [-0.4, -0.2) is 11.1 Å². The molecule has 21 heavy (non-hydrogen) atoms.